The van der Waals surface area contributed by atoms with Gasteiger partial charge in [0.1, 0.15) is 0 Å². The number of hydrogen-bond donors (Lipinski definition) is 3. The first-order valence-corrected chi connectivity index (χ1v) is 19.9. The second kappa shape index (κ2) is 12.2. The van der Waals surface area contributed by atoms with Crippen LogP contribution in [0.4, 0.5) is 10.5 Å². The summed E-state index contributed by atoms with van der Waals surface area (Å²) >= 11 is 1.70. The predicted molar refractivity (Wildman–Crippen MR) is 195 cm³/mol. The molecule has 3 N–H and O–H groups in total. The fourth-order valence-corrected chi connectivity index (χ4v) is 12.9. The first-order valence-electron chi connectivity index (χ1n) is 19.1. The number of carbonyl (C=O) groups excluding carboxylic acids is 2. The van der Waals surface area contributed by atoms with E-state index >= 15 is 0 Å². The molecule has 4 saturated carbocycles. The van der Waals surface area contributed by atoms with Gasteiger partial charge in [-0.25, -0.2) is 4.79 Å². The van der Waals surface area contributed by atoms with Crippen molar-refractivity contribution in [2.24, 2.45) is 39.4 Å². The van der Waals surface area contributed by atoms with Gasteiger partial charge < -0.3 is 20.4 Å². The molecule has 2 spiro atoms. The van der Waals surface area contributed by atoms with Gasteiger partial charge in [-0.05, 0) is 105 Å². The Balaban J connectivity index is 1.16. The van der Waals surface area contributed by atoms with Gasteiger partial charge in [0.2, 0.25) is 0 Å². The van der Waals surface area contributed by atoms with Gasteiger partial charge >= 0.3 is 6.03 Å². The molecule has 9 rings (SSSR count). The average Bonchev–Trinajstić information content (AvgIpc) is 3.72. The summed E-state index contributed by atoms with van der Waals surface area (Å²) in [5.74, 6) is 0.802. The molecule has 262 valence electrons. The Morgan fingerprint density at radius 1 is 0.898 bits per heavy atom. The second-order valence-corrected chi connectivity index (χ2v) is 18.1. The molecule has 8 atom stereocenters. The summed E-state index contributed by atoms with van der Waals surface area (Å²) in [6, 6.07) is 13.6. The van der Waals surface area contributed by atoms with E-state index in [0.717, 1.165) is 75.5 Å². The lowest BCUT2D eigenvalue weighted by atomic mass is 9.32. The zero-order chi connectivity index (χ0) is 34.1. The van der Waals surface area contributed by atoms with Crippen LogP contribution < -0.4 is 5.32 Å². The van der Waals surface area contributed by atoms with Crippen LogP contribution in [0.5, 0.6) is 0 Å². The number of amides is 2. The number of aliphatic hydroxyl groups excluding tert-OH is 1. The van der Waals surface area contributed by atoms with E-state index in [1.165, 1.54) is 11.3 Å². The van der Waals surface area contributed by atoms with Crippen LogP contribution in [0, 0.1) is 39.4 Å². The number of benzene rings is 1. The first kappa shape index (κ1) is 33.4. The second-order valence-electron chi connectivity index (χ2n) is 17.1. The van der Waals surface area contributed by atoms with Crippen molar-refractivity contribution in [3.8, 4) is 0 Å². The largest absolute Gasteiger partial charge is 0.393 e. The van der Waals surface area contributed by atoms with Gasteiger partial charge in [-0.2, -0.15) is 0 Å². The number of thiophene rings is 1. The third-order valence-electron chi connectivity index (χ3n) is 14.9. The van der Waals surface area contributed by atoms with Gasteiger partial charge in [-0.3, -0.25) is 4.79 Å². The number of ketones is 1. The van der Waals surface area contributed by atoms with E-state index in [2.05, 4.69) is 48.8 Å². The lowest BCUT2D eigenvalue weighted by Crippen LogP contribution is -2.67. The van der Waals surface area contributed by atoms with Gasteiger partial charge in [0.15, 0.2) is 5.78 Å². The maximum atomic E-state index is 14.9. The summed E-state index contributed by atoms with van der Waals surface area (Å²) in [6.07, 6.45) is 18.6. The Kier molecular flexibility index (Phi) is 8.32. The van der Waals surface area contributed by atoms with Crippen LogP contribution in [-0.2, 0) is 11.2 Å². The Morgan fingerprint density at radius 2 is 1.63 bits per heavy atom. The number of nitrogens with zero attached hydrogens (tertiary/aromatic N) is 1. The fraction of sp³-hybridized carbons (Fsp3) is 0.619. The molecule has 2 bridgehead atoms. The van der Waals surface area contributed by atoms with Crippen LogP contribution in [0.25, 0.3) is 0 Å². The minimum Gasteiger partial charge on any atom is -0.393 e. The molecule has 1 heterocycles. The molecular formula is C42H54N2O4S. The number of allylic oxidation sites excluding steroid dienone is 4. The van der Waals surface area contributed by atoms with E-state index in [1.807, 2.05) is 41.3 Å². The van der Waals surface area contributed by atoms with Crippen molar-refractivity contribution in [1.82, 2.24) is 4.90 Å². The van der Waals surface area contributed by atoms with Gasteiger partial charge in [0.25, 0.3) is 0 Å². The van der Waals surface area contributed by atoms with E-state index in [9.17, 15) is 19.8 Å². The molecule has 7 aliphatic carbocycles. The van der Waals surface area contributed by atoms with E-state index < -0.39 is 16.4 Å². The maximum absolute atomic E-state index is 14.9. The fourth-order valence-electron chi connectivity index (χ4n) is 12.2. The molecule has 6 nitrogen and oxygen atoms in total. The van der Waals surface area contributed by atoms with Gasteiger partial charge in [-0.15, -0.1) is 11.3 Å². The van der Waals surface area contributed by atoms with Crippen LogP contribution in [0.3, 0.4) is 0 Å². The highest BCUT2D eigenvalue weighted by molar-refractivity contribution is 7.09. The zero-order valence-corrected chi connectivity index (χ0v) is 30.1. The Morgan fingerprint density at radius 3 is 2.39 bits per heavy atom. The third-order valence-corrected chi connectivity index (χ3v) is 15.9. The highest BCUT2D eigenvalue weighted by atomic mass is 32.1. The number of fused-ring (bicyclic) bond motifs is 1. The Labute approximate surface area is 296 Å². The van der Waals surface area contributed by atoms with Gasteiger partial charge in [-0.1, -0.05) is 75.6 Å². The first-order chi connectivity index (χ1) is 23.5. The topological polar surface area (TPSA) is 89.9 Å². The summed E-state index contributed by atoms with van der Waals surface area (Å²) in [4.78, 5) is 31.9. The molecule has 1 unspecified atom stereocenters. The van der Waals surface area contributed by atoms with Crippen LogP contribution in [-0.4, -0.2) is 51.7 Å². The smallest absolute Gasteiger partial charge is 0.321 e. The summed E-state index contributed by atoms with van der Waals surface area (Å²) < 4.78 is 0. The number of rotatable bonds is 8. The van der Waals surface area contributed by atoms with E-state index in [4.69, 9.17) is 0 Å². The highest BCUT2D eigenvalue weighted by Crippen LogP contribution is 2.78. The van der Waals surface area contributed by atoms with Crippen molar-refractivity contribution in [2.45, 2.75) is 109 Å². The summed E-state index contributed by atoms with van der Waals surface area (Å²) in [5.41, 5.74) is -0.585. The van der Waals surface area contributed by atoms with Crippen LogP contribution in [0.2, 0.25) is 0 Å². The standard InChI is InChI=1S/C42H54N2O4S/c1-38-19-15-31(45)26-40(38)22-23-42(33(27-40)36(46)29-10-5-3-6-11-29)34(38)16-20-39(2)35(42)17-21-41(39,48)28-44(24-18-32-14-9-25-49-32)37(47)43-30-12-7-4-8-13-30/h4,7-9,12-14,22-23,25,27,29,31,34-35,45,48H,3,5-6,10-11,15-21,24,26,28H2,1-2H3,(H,43,47)/t31?,34-,35-,38-,39+,40+,41-,42-/m1/s1. The normalized spacial score (nSPS) is 39.4. The zero-order valence-electron chi connectivity index (χ0n) is 29.3. The number of carbonyl (C=O) groups is 2. The monoisotopic (exact) mass is 682 g/mol. The van der Waals surface area contributed by atoms with E-state index in [1.54, 1.807) is 11.3 Å². The molecule has 4 fully saturated rings. The molecule has 49 heavy (non-hydrogen) atoms. The van der Waals surface area contributed by atoms with Gasteiger partial charge in [0, 0.05) is 44.8 Å². The summed E-state index contributed by atoms with van der Waals surface area (Å²) in [7, 11) is 0. The van der Waals surface area contributed by atoms with Crippen LogP contribution >= 0.6 is 11.3 Å². The summed E-state index contributed by atoms with van der Waals surface area (Å²) in [5, 5.41) is 29.2. The molecule has 7 aliphatic rings. The molecular weight excluding hydrogens is 629 g/mol. The molecule has 0 aliphatic heterocycles. The molecule has 1 aromatic carbocycles. The number of Topliss-reactive ketones (excluding diaryl/α,β-unsaturated/α-hetero) is 1. The SMILES string of the molecule is C[C@]12CC[C@H]3[C@]4(C=C[C@@]5(C=C4C(=O)C4CCCCC4)CC(O)CC[C@]35C)[C@@H]1CC[C@@]2(O)CN(CCc1cccs1)C(=O)Nc1ccccc1. The lowest BCUT2D eigenvalue weighted by molar-refractivity contribution is -0.178. The summed E-state index contributed by atoms with van der Waals surface area (Å²) in [6.45, 7) is 5.51. The van der Waals surface area contributed by atoms with Crippen molar-refractivity contribution in [3.05, 3.63) is 76.5 Å². The van der Waals surface area contributed by atoms with Crippen molar-refractivity contribution < 1.29 is 19.8 Å². The van der Waals surface area contributed by atoms with Crippen LogP contribution in [0.15, 0.2) is 71.6 Å². The minimum atomic E-state index is -1.09. The number of urea groups is 1. The number of hydrogen-bond acceptors (Lipinski definition) is 5. The third kappa shape index (κ3) is 5.07. The quantitative estimate of drug-likeness (QED) is 0.244. The predicted octanol–water partition coefficient (Wildman–Crippen LogP) is 8.57. The van der Waals surface area contributed by atoms with Crippen molar-refractivity contribution in [2.75, 3.05) is 18.4 Å². The maximum Gasteiger partial charge on any atom is 0.321 e. The Hall–Kier alpha value is -2.74. The molecule has 1 aromatic heterocycles. The van der Waals surface area contributed by atoms with Crippen LogP contribution in [0.1, 0.15) is 95.8 Å². The van der Waals surface area contributed by atoms with Crippen molar-refractivity contribution in [3.63, 3.8) is 0 Å². The highest BCUT2D eigenvalue weighted by Gasteiger charge is 2.74. The minimum absolute atomic E-state index is 0.0400. The van der Waals surface area contributed by atoms with Crippen molar-refractivity contribution in [1.29, 1.82) is 0 Å². The molecule has 0 radical (unpaired) electrons. The van der Waals surface area contributed by atoms with E-state index in [-0.39, 0.29) is 41.3 Å². The molecule has 2 aromatic rings. The number of aliphatic hydroxyl groups is 2. The molecule has 7 heteroatoms. The van der Waals surface area contributed by atoms with E-state index in [0.29, 0.717) is 31.1 Å². The Bertz CT molecular complexity index is 1630. The average molecular weight is 683 g/mol. The van der Waals surface area contributed by atoms with Crippen molar-refractivity contribution >= 4 is 28.8 Å². The van der Waals surface area contributed by atoms with Gasteiger partial charge in [0.05, 0.1) is 18.2 Å². The number of para-hydroxylation sites is 1. The molecule has 2 amide bonds. The molecule has 0 saturated heterocycles. The number of nitrogens with one attached hydrogen (secondary N) is 1. The lowest BCUT2D eigenvalue weighted by Gasteiger charge is -2.71. The number of anilines is 1.